The zero-order chi connectivity index (χ0) is 27.4. The molecule has 2 atom stereocenters. The Bertz CT molecular complexity index is 1330. The number of hydrogen-bond donors (Lipinski definition) is 1. The highest BCUT2D eigenvalue weighted by atomic mass is 35.5. The van der Waals surface area contributed by atoms with Gasteiger partial charge < -0.3 is 19.7 Å². The highest BCUT2D eigenvalue weighted by molar-refractivity contribution is 6.30. The van der Waals surface area contributed by atoms with E-state index in [0.29, 0.717) is 59.2 Å². The van der Waals surface area contributed by atoms with E-state index in [1.54, 1.807) is 0 Å². The number of rotatable bonds is 7. The number of amides is 2. The van der Waals surface area contributed by atoms with Gasteiger partial charge in [0.15, 0.2) is 0 Å². The van der Waals surface area contributed by atoms with Crippen LogP contribution >= 0.6 is 35.6 Å². The predicted molar refractivity (Wildman–Crippen MR) is 163 cm³/mol. The van der Waals surface area contributed by atoms with Crippen LogP contribution in [0.1, 0.15) is 42.6 Å². The molecule has 1 fully saturated rings. The van der Waals surface area contributed by atoms with Crippen molar-refractivity contribution in [3.63, 3.8) is 0 Å². The summed E-state index contributed by atoms with van der Waals surface area (Å²) in [6.07, 6.45) is 0. The zero-order valence-corrected chi connectivity index (χ0v) is 24.8. The van der Waals surface area contributed by atoms with Crippen LogP contribution in [0.2, 0.25) is 10.0 Å². The molecular weight excluding hydrogens is 571 g/mol. The summed E-state index contributed by atoms with van der Waals surface area (Å²) in [5.74, 6) is 1.87. The van der Waals surface area contributed by atoms with E-state index in [9.17, 15) is 4.79 Å². The molecule has 10 heteroatoms. The quantitative estimate of drug-likeness (QED) is 0.323. The molecule has 1 N–H and O–H groups in total. The maximum absolute atomic E-state index is 14.4. The van der Waals surface area contributed by atoms with Gasteiger partial charge in [0, 0.05) is 36.2 Å². The SMILES string of the molecule is CCOc1ccc(OCC)c(C2=NC(c3ccc(Cl)cc3)C(c3ccc(Cl)cc3)N2C(=O)N2CCNCC2)c1.Cl. The maximum atomic E-state index is 14.4. The summed E-state index contributed by atoms with van der Waals surface area (Å²) in [6.45, 7) is 7.57. The fraction of sp³-hybridized carbons (Fsp3) is 0.333. The molecule has 7 nitrogen and oxygen atoms in total. The van der Waals surface area contributed by atoms with Crippen LogP contribution in [-0.4, -0.2) is 61.1 Å². The minimum Gasteiger partial charge on any atom is -0.494 e. The van der Waals surface area contributed by atoms with E-state index in [2.05, 4.69) is 5.32 Å². The molecule has 0 saturated carbocycles. The number of nitrogens with one attached hydrogen (secondary N) is 1. The number of amidine groups is 1. The smallest absolute Gasteiger partial charge is 0.326 e. The number of halogens is 3. The van der Waals surface area contributed by atoms with Crippen molar-refractivity contribution in [3.05, 3.63) is 93.5 Å². The Morgan fingerprint density at radius 1 is 0.900 bits per heavy atom. The first-order chi connectivity index (χ1) is 19.0. The lowest BCUT2D eigenvalue weighted by Crippen LogP contribution is -2.53. The van der Waals surface area contributed by atoms with Crippen LogP contribution in [0, 0.1) is 0 Å². The largest absolute Gasteiger partial charge is 0.494 e. The Kier molecular flexibility index (Phi) is 10.2. The number of carbonyl (C=O) groups excluding carboxylic acids is 1. The van der Waals surface area contributed by atoms with E-state index >= 15 is 0 Å². The number of benzene rings is 3. The molecule has 5 rings (SSSR count). The Hall–Kier alpha value is -2.97. The van der Waals surface area contributed by atoms with Gasteiger partial charge in [-0.2, -0.15) is 0 Å². The van der Waals surface area contributed by atoms with Crippen LogP contribution in [0.25, 0.3) is 0 Å². The lowest BCUT2D eigenvalue weighted by molar-refractivity contribution is 0.157. The van der Waals surface area contributed by atoms with Crippen molar-refractivity contribution in [1.29, 1.82) is 0 Å². The molecule has 2 heterocycles. The van der Waals surface area contributed by atoms with Crippen LogP contribution in [-0.2, 0) is 0 Å². The monoisotopic (exact) mass is 602 g/mol. The summed E-state index contributed by atoms with van der Waals surface area (Å²) in [6, 6.07) is 20.1. The first-order valence-corrected chi connectivity index (χ1v) is 14.0. The first-order valence-electron chi connectivity index (χ1n) is 13.3. The standard InChI is InChI=1S/C30H32Cl2N4O3.ClH/c1-3-38-24-13-14-26(39-4-2)25(19-24)29-34-27(20-5-9-22(31)10-6-20)28(21-7-11-23(32)12-8-21)36(29)30(37)35-17-15-33-16-18-35;/h5-14,19,27-28,33H,3-4,15-18H2,1-2H3;1H. The maximum Gasteiger partial charge on any atom is 0.326 e. The fourth-order valence-corrected chi connectivity index (χ4v) is 5.34. The molecule has 0 aromatic heterocycles. The number of hydrogen-bond acceptors (Lipinski definition) is 5. The van der Waals surface area contributed by atoms with Crippen LogP contribution in [0.15, 0.2) is 71.7 Å². The van der Waals surface area contributed by atoms with Crippen molar-refractivity contribution in [2.24, 2.45) is 4.99 Å². The van der Waals surface area contributed by atoms with E-state index < -0.39 is 6.04 Å². The summed E-state index contributed by atoms with van der Waals surface area (Å²) < 4.78 is 11.9. The number of aliphatic imine (C=N–C) groups is 1. The molecule has 212 valence electrons. The highest BCUT2D eigenvalue weighted by Crippen LogP contribution is 2.45. The lowest BCUT2D eigenvalue weighted by Gasteiger charge is -2.36. The van der Waals surface area contributed by atoms with Gasteiger partial charge in [0.1, 0.15) is 23.4 Å². The second-order valence-electron chi connectivity index (χ2n) is 9.36. The average molecular weight is 604 g/mol. The molecule has 0 spiro atoms. The Balaban J connectivity index is 0.00000370. The van der Waals surface area contributed by atoms with Crippen molar-refractivity contribution in [2.75, 3.05) is 39.4 Å². The molecule has 2 aliphatic heterocycles. The molecule has 3 aromatic rings. The molecule has 0 bridgehead atoms. The van der Waals surface area contributed by atoms with Crippen LogP contribution in [0.5, 0.6) is 11.5 Å². The predicted octanol–water partition coefficient (Wildman–Crippen LogP) is 6.78. The van der Waals surface area contributed by atoms with Crippen LogP contribution in [0.3, 0.4) is 0 Å². The third kappa shape index (κ3) is 6.33. The number of carbonyl (C=O) groups is 1. The summed E-state index contributed by atoms with van der Waals surface area (Å²) in [4.78, 5) is 23.3. The minimum atomic E-state index is -0.411. The number of nitrogens with zero attached hydrogens (tertiary/aromatic N) is 3. The van der Waals surface area contributed by atoms with Gasteiger partial charge in [-0.1, -0.05) is 47.5 Å². The summed E-state index contributed by atoms with van der Waals surface area (Å²) in [5, 5.41) is 4.60. The van der Waals surface area contributed by atoms with Crippen LogP contribution in [0.4, 0.5) is 4.79 Å². The molecule has 2 aliphatic rings. The van der Waals surface area contributed by atoms with Gasteiger partial charge in [0.2, 0.25) is 0 Å². The summed E-state index contributed by atoms with van der Waals surface area (Å²) in [7, 11) is 0. The molecular formula is C30H33Cl3N4O3. The number of ether oxygens (including phenoxy) is 2. The third-order valence-electron chi connectivity index (χ3n) is 6.89. The van der Waals surface area contributed by atoms with E-state index in [-0.39, 0.29) is 24.5 Å². The van der Waals surface area contributed by atoms with Gasteiger partial charge in [-0.25, -0.2) is 4.79 Å². The van der Waals surface area contributed by atoms with Gasteiger partial charge in [-0.3, -0.25) is 9.89 Å². The number of piperazine rings is 1. The molecule has 1 saturated heterocycles. The van der Waals surface area contributed by atoms with Gasteiger partial charge in [-0.15, -0.1) is 12.4 Å². The second-order valence-corrected chi connectivity index (χ2v) is 10.2. The summed E-state index contributed by atoms with van der Waals surface area (Å²) in [5.41, 5.74) is 2.59. The second kappa shape index (κ2) is 13.6. The zero-order valence-electron chi connectivity index (χ0n) is 22.5. The van der Waals surface area contributed by atoms with E-state index in [0.717, 1.165) is 24.2 Å². The molecule has 2 amide bonds. The van der Waals surface area contributed by atoms with Crippen LogP contribution < -0.4 is 14.8 Å². The van der Waals surface area contributed by atoms with E-state index in [1.807, 2.05) is 90.4 Å². The van der Waals surface area contributed by atoms with E-state index in [4.69, 9.17) is 37.7 Å². The van der Waals surface area contributed by atoms with Crippen molar-refractivity contribution < 1.29 is 14.3 Å². The van der Waals surface area contributed by atoms with Crippen molar-refractivity contribution in [3.8, 4) is 11.5 Å². The average Bonchev–Trinajstić information content (AvgIpc) is 3.35. The van der Waals surface area contributed by atoms with Crippen molar-refractivity contribution in [2.45, 2.75) is 25.9 Å². The molecule has 40 heavy (non-hydrogen) atoms. The van der Waals surface area contributed by atoms with Gasteiger partial charge in [0.05, 0.1) is 24.8 Å². The molecule has 2 unspecified atom stereocenters. The van der Waals surface area contributed by atoms with Crippen molar-refractivity contribution >= 4 is 47.5 Å². The number of urea groups is 1. The third-order valence-corrected chi connectivity index (χ3v) is 7.39. The Morgan fingerprint density at radius 2 is 1.50 bits per heavy atom. The molecule has 0 radical (unpaired) electrons. The topological polar surface area (TPSA) is 66.4 Å². The van der Waals surface area contributed by atoms with Gasteiger partial charge >= 0.3 is 6.03 Å². The Labute approximate surface area is 251 Å². The highest BCUT2D eigenvalue weighted by Gasteiger charge is 2.44. The molecule has 0 aliphatic carbocycles. The molecule has 3 aromatic carbocycles. The first kappa shape index (κ1) is 30.0. The van der Waals surface area contributed by atoms with E-state index in [1.165, 1.54) is 0 Å². The van der Waals surface area contributed by atoms with Gasteiger partial charge in [-0.05, 0) is 67.4 Å². The lowest BCUT2D eigenvalue weighted by atomic mass is 9.93. The summed E-state index contributed by atoms with van der Waals surface area (Å²) >= 11 is 12.5. The normalized spacial score (nSPS) is 18.6. The fourth-order valence-electron chi connectivity index (χ4n) is 5.08. The van der Waals surface area contributed by atoms with Crippen molar-refractivity contribution in [1.82, 2.24) is 15.1 Å². The van der Waals surface area contributed by atoms with Gasteiger partial charge in [0.25, 0.3) is 0 Å². The Morgan fingerprint density at radius 3 is 2.10 bits per heavy atom. The minimum absolute atomic E-state index is 0.